The van der Waals surface area contributed by atoms with Gasteiger partial charge in [-0.3, -0.25) is 0 Å². The SMILES string of the molecule is CCC(O)(CC)CNS(=O)(=O)c1cc(C(=O)O)ccc1F. The minimum absolute atomic E-state index is 0.279. The van der Waals surface area contributed by atoms with Gasteiger partial charge >= 0.3 is 5.97 Å². The van der Waals surface area contributed by atoms with E-state index in [1.165, 1.54) is 0 Å². The van der Waals surface area contributed by atoms with E-state index in [1.807, 2.05) is 0 Å². The van der Waals surface area contributed by atoms with Gasteiger partial charge in [0.05, 0.1) is 11.2 Å². The van der Waals surface area contributed by atoms with Crippen LogP contribution in [-0.4, -0.2) is 36.7 Å². The highest BCUT2D eigenvalue weighted by molar-refractivity contribution is 7.89. The molecule has 0 fully saturated rings. The zero-order chi connectivity index (χ0) is 16.3. The van der Waals surface area contributed by atoms with Crippen LogP contribution >= 0.6 is 0 Å². The van der Waals surface area contributed by atoms with Crippen LogP contribution in [0.4, 0.5) is 4.39 Å². The lowest BCUT2D eigenvalue weighted by atomic mass is 9.98. The van der Waals surface area contributed by atoms with E-state index in [1.54, 1.807) is 13.8 Å². The van der Waals surface area contributed by atoms with Crippen LogP contribution in [0.5, 0.6) is 0 Å². The monoisotopic (exact) mass is 319 g/mol. The summed E-state index contributed by atoms with van der Waals surface area (Å²) in [5, 5.41) is 18.9. The first-order valence-electron chi connectivity index (χ1n) is 6.40. The quantitative estimate of drug-likeness (QED) is 0.704. The number of aromatic carboxylic acids is 1. The van der Waals surface area contributed by atoms with E-state index in [4.69, 9.17) is 5.11 Å². The van der Waals surface area contributed by atoms with E-state index in [-0.39, 0.29) is 12.1 Å². The number of benzene rings is 1. The second-order valence-corrected chi connectivity index (χ2v) is 6.44. The number of carboxylic acid groups (broad SMARTS) is 1. The van der Waals surface area contributed by atoms with Crippen LogP contribution in [0.3, 0.4) is 0 Å². The molecule has 21 heavy (non-hydrogen) atoms. The normalized spacial score (nSPS) is 12.4. The van der Waals surface area contributed by atoms with E-state index in [2.05, 4.69) is 4.72 Å². The van der Waals surface area contributed by atoms with Crippen molar-refractivity contribution in [2.45, 2.75) is 37.2 Å². The van der Waals surface area contributed by atoms with Gasteiger partial charge in [0.15, 0.2) is 0 Å². The molecule has 0 aliphatic carbocycles. The zero-order valence-electron chi connectivity index (χ0n) is 11.8. The van der Waals surface area contributed by atoms with Gasteiger partial charge in [-0.2, -0.15) is 0 Å². The Bertz CT molecular complexity index is 625. The highest BCUT2D eigenvalue weighted by Gasteiger charge is 2.27. The number of hydrogen-bond acceptors (Lipinski definition) is 4. The average molecular weight is 319 g/mol. The van der Waals surface area contributed by atoms with Crippen molar-refractivity contribution < 1.29 is 27.8 Å². The van der Waals surface area contributed by atoms with E-state index < -0.39 is 32.3 Å². The Labute approximate surface area is 122 Å². The number of carbonyl (C=O) groups is 1. The molecule has 1 aromatic carbocycles. The number of hydrogen-bond donors (Lipinski definition) is 3. The van der Waals surface area contributed by atoms with Crippen molar-refractivity contribution in [1.29, 1.82) is 0 Å². The van der Waals surface area contributed by atoms with Crippen LogP contribution in [0.25, 0.3) is 0 Å². The molecule has 0 spiro atoms. The Hall–Kier alpha value is -1.51. The Balaban J connectivity index is 3.08. The maximum Gasteiger partial charge on any atom is 0.335 e. The first-order valence-corrected chi connectivity index (χ1v) is 7.88. The molecule has 0 amide bonds. The third-order valence-corrected chi connectivity index (χ3v) is 4.79. The van der Waals surface area contributed by atoms with Gasteiger partial charge in [-0.1, -0.05) is 13.8 Å². The van der Waals surface area contributed by atoms with E-state index >= 15 is 0 Å². The Morgan fingerprint density at radius 1 is 1.33 bits per heavy atom. The molecule has 0 bridgehead atoms. The largest absolute Gasteiger partial charge is 0.478 e. The van der Waals surface area contributed by atoms with Crippen molar-refractivity contribution in [2.75, 3.05) is 6.54 Å². The molecular weight excluding hydrogens is 301 g/mol. The molecule has 8 heteroatoms. The molecule has 0 aliphatic rings. The maximum atomic E-state index is 13.6. The summed E-state index contributed by atoms with van der Waals surface area (Å²) in [6, 6.07) is 2.51. The number of aliphatic hydroxyl groups is 1. The lowest BCUT2D eigenvalue weighted by Gasteiger charge is -2.25. The van der Waals surface area contributed by atoms with Crippen LogP contribution in [0, 0.1) is 5.82 Å². The van der Waals surface area contributed by atoms with Crippen molar-refractivity contribution in [2.24, 2.45) is 0 Å². The van der Waals surface area contributed by atoms with Crippen molar-refractivity contribution in [3.63, 3.8) is 0 Å². The number of halogens is 1. The van der Waals surface area contributed by atoms with Gasteiger partial charge in [0.1, 0.15) is 10.7 Å². The molecule has 0 atom stereocenters. The molecule has 0 saturated heterocycles. The molecule has 0 aliphatic heterocycles. The molecule has 0 unspecified atom stereocenters. The van der Waals surface area contributed by atoms with Gasteiger partial charge in [0.2, 0.25) is 10.0 Å². The topological polar surface area (TPSA) is 104 Å². The molecule has 6 nitrogen and oxygen atoms in total. The summed E-state index contributed by atoms with van der Waals surface area (Å²) >= 11 is 0. The van der Waals surface area contributed by atoms with Crippen molar-refractivity contribution in [1.82, 2.24) is 4.72 Å². The predicted octanol–water partition coefficient (Wildman–Crippen LogP) is 1.35. The average Bonchev–Trinajstić information content (AvgIpc) is 2.45. The Kier molecular flexibility index (Phi) is 5.43. The lowest BCUT2D eigenvalue weighted by molar-refractivity contribution is 0.0377. The fraction of sp³-hybridized carbons (Fsp3) is 0.462. The van der Waals surface area contributed by atoms with Gasteiger partial charge in [0.25, 0.3) is 0 Å². The van der Waals surface area contributed by atoms with Crippen LogP contribution in [-0.2, 0) is 10.0 Å². The molecule has 1 rings (SSSR count). The third-order valence-electron chi connectivity index (χ3n) is 3.38. The van der Waals surface area contributed by atoms with Gasteiger partial charge in [0, 0.05) is 6.54 Å². The first-order chi connectivity index (χ1) is 9.65. The van der Waals surface area contributed by atoms with Gasteiger partial charge in [-0.05, 0) is 31.0 Å². The molecule has 3 N–H and O–H groups in total. The van der Waals surface area contributed by atoms with Crippen molar-refractivity contribution >= 4 is 16.0 Å². The van der Waals surface area contributed by atoms with E-state index in [0.717, 1.165) is 18.2 Å². The fourth-order valence-electron chi connectivity index (χ4n) is 1.65. The summed E-state index contributed by atoms with van der Waals surface area (Å²) in [7, 11) is -4.25. The van der Waals surface area contributed by atoms with E-state index in [0.29, 0.717) is 12.8 Å². The van der Waals surface area contributed by atoms with Gasteiger partial charge in [-0.25, -0.2) is 22.3 Å². The zero-order valence-corrected chi connectivity index (χ0v) is 12.6. The number of nitrogens with one attached hydrogen (secondary N) is 1. The predicted molar refractivity (Wildman–Crippen MR) is 74.1 cm³/mol. The standard InChI is InChI=1S/C13H18FNO5S/c1-3-13(18,4-2)8-15-21(19,20)11-7-9(12(16)17)5-6-10(11)14/h5-7,15,18H,3-4,8H2,1-2H3,(H,16,17). The minimum atomic E-state index is -4.25. The maximum absolute atomic E-state index is 13.6. The Morgan fingerprint density at radius 2 is 1.90 bits per heavy atom. The Morgan fingerprint density at radius 3 is 2.38 bits per heavy atom. The molecular formula is C13H18FNO5S. The summed E-state index contributed by atoms with van der Waals surface area (Å²) in [5.74, 6) is -2.41. The summed E-state index contributed by atoms with van der Waals surface area (Å²) < 4.78 is 39.9. The molecule has 0 saturated carbocycles. The molecule has 0 radical (unpaired) electrons. The second-order valence-electron chi connectivity index (χ2n) is 4.71. The smallest absolute Gasteiger partial charge is 0.335 e. The first kappa shape index (κ1) is 17.5. The number of rotatable bonds is 7. The lowest BCUT2D eigenvalue weighted by Crippen LogP contribution is -2.42. The van der Waals surface area contributed by atoms with Crippen LogP contribution < -0.4 is 4.72 Å². The molecule has 118 valence electrons. The second kappa shape index (κ2) is 6.50. The third kappa shape index (κ3) is 4.23. The van der Waals surface area contributed by atoms with Crippen LogP contribution in [0.1, 0.15) is 37.0 Å². The van der Waals surface area contributed by atoms with E-state index in [9.17, 15) is 22.7 Å². The summed E-state index contributed by atoms with van der Waals surface area (Å²) in [5.41, 5.74) is -1.56. The summed E-state index contributed by atoms with van der Waals surface area (Å²) in [4.78, 5) is 10.1. The van der Waals surface area contributed by atoms with Crippen molar-refractivity contribution in [3.05, 3.63) is 29.6 Å². The molecule has 0 heterocycles. The van der Waals surface area contributed by atoms with Gasteiger partial charge in [-0.15, -0.1) is 0 Å². The van der Waals surface area contributed by atoms with Gasteiger partial charge < -0.3 is 10.2 Å². The fourth-order valence-corrected chi connectivity index (χ4v) is 2.87. The minimum Gasteiger partial charge on any atom is -0.478 e. The summed E-state index contributed by atoms with van der Waals surface area (Å²) in [6.07, 6.45) is 0.646. The van der Waals surface area contributed by atoms with Crippen LogP contribution in [0.2, 0.25) is 0 Å². The summed E-state index contributed by atoms with van der Waals surface area (Å²) in [6.45, 7) is 3.12. The van der Waals surface area contributed by atoms with Crippen molar-refractivity contribution in [3.8, 4) is 0 Å². The van der Waals surface area contributed by atoms with Crippen LogP contribution in [0.15, 0.2) is 23.1 Å². The number of carboxylic acids is 1. The highest BCUT2D eigenvalue weighted by Crippen LogP contribution is 2.19. The highest BCUT2D eigenvalue weighted by atomic mass is 32.2. The number of sulfonamides is 1. The molecule has 1 aromatic rings. The molecule has 0 aromatic heterocycles.